The van der Waals surface area contributed by atoms with Gasteiger partial charge in [-0.05, 0) is 38.3 Å². The highest BCUT2D eigenvalue weighted by atomic mass is 16.5. The first-order valence-corrected chi connectivity index (χ1v) is 11.2. The van der Waals surface area contributed by atoms with Crippen LogP contribution in [0.15, 0.2) is 30.5 Å². The lowest BCUT2D eigenvalue weighted by Gasteiger charge is -2.34. The molecule has 2 aromatic rings. The van der Waals surface area contributed by atoms with E-state index in [1.807, 2.05) is 36.1 Å². The number of fused-ring (bicyclic) bond motifs is 2. The highest BCUT2D eigenvalue weighted by Gasteiger charge is 2.34. The molecule has 1 aliphatic rings. The minimum atomic E-state index is -1.38. The number of ether oxygens (including phenoxy) is 2. The predicted molar refractivity (Wildman–Crippen MR) is 120 cm³/mol. The highest BCUT2D eigenvalue weighted by molar-refractivity contribution is 5.51. The Morgan fingerprint density at radius 2 is 1.97 bits per heavy atom. The van der Waals surface area contributed by atoms with Crippen LogP contribution in [0.1, 0.15) is 36.9 Å². The van der Waals surface area contributed by atoms with Gasteiger partial charge in [0, 0.05) is 42.7 Å². The van der Waals surface area contributed by atoms with E-state index >= 15 is 0 Å². The number of nitrogens with one attached hydrogen (secondary N) is 1. The summed E-state index contributed by atoms with van der Waals surface area (Å²) >= 11 is 0. The van der Waals surface area contributed by atoms with Crippen molar-refractivity contribution in [3.8, 4) is 5.75 Å². The summed E-state index contributed by atoms with van der Waals surface area (Å²) < 4.78 is 11.6. The SMILES string of the molecule is Cc1[nH]ncc1CN1C[C@@H](O)[C@@H](O)[C@@H]([C@H](O)CO)OCCCCCCOc2cccc1c2. The minimum Gasteiger partial charge on any atom is -0.494 e. The van der Waals surface area contributed by atoms with Crippen LogP contribution in [0.2, 0.25) is 0 Å². The fourth-order valence-corrected chi connectivity index (χ4v) is 3.83. The second kappa shape index (κ2) is 12.2. The maximum absolute atomic E-state index is 10.9. The molecule has 0 saturated heterocycles. The van der Waals surface area contributed by atoms with Gasteiger partial charge in [0.1, 0.15) is 24.1 Å². The van der Waals surface area contributed by atoms with Crippen molar-refractivity contribution in [1.82, 2.24) is 10.2 Å². The summed E-state index contributed by atoms with van der Waals surface area (Å²) in [6, 6.07) is 7.63. The molecule has 0 saturated carbocycles. The normalized spacial score (nSPS) is 24.7. The lowest BCUT2D eigenvalue weighted by Crippen LogP contribution is -2.51. The number of aliphatic hydroxyl groups is 4. The Labute approximate surface area is 188 Å². The number of aromatic amines is 1. The monoisotopic (exact) mass is 449 g/mol. The number of H-pyrrole nitrogens is 1. The van der Waals surface area contributed by atoms with Crippen molar-refractivity contribution in [2.24, 2.45) is 0 Å². The van der Waals surface area contributed by atoms with Crippen molar-refractivity contribution in [1.29, 1.82) is 0 Å². The molecule has 3 rings (SSSR count). The van der Waals surface area contributed by atoms with Crippen LogP contribution in [-0.2, 0) is 11.3 Å². The van der Waals surface area contributed by atoms with Gasteiger partial charge in [-0.25, -0.2) is 0 Å². The van der Waals surface area contributed by atoms with E-state index in [1.54, 1.807) is 6.20 Å². The Morgan fingerprint density at radius 1 is 1.19 bits per heavy atom. The maximum atomic E-state index is 10.9. The molecular weight excluding hydrogens is 414 g/mol. The van der Waals surface area contributed by atoms with Gasteiger partial charge in [-0.15, -0.1) is 0 Å². The van der Waals surface area contributed by atoms with E-state index in [4.69, 9.17) is 9.47 Å². The zero-order chi connectivity index (χ0) is 22.9. The first-order valence-electron chi connectivity index (χ1n) is 11.2. The van der Waals surface area contributed by atoms with Crippen LogP contribution < -0.4 is 9.64 Å². The van der Waals surface area contributed by atoms with Crippen molar-refractivity contribution < 1.29 is 29.9 Å². The minimum absolute atomic E-state index is 0.0766. The third kappa shape index (κ3) is 6.66. The van der Waals surface area contributed by atoms with Crippen LogP contribution in [0, 0.1) is 6.92 Å². The molecule has 32 heavy (non-hydrogen) atoms. The van der Waals surface area contributed by atoms with Crippen molar-refractivity contribution >= 4 is 5.69 Å². The molecule has 9 heteroatoms. The number of aryl methyl sites for hydroxylation is 1. The molecule has 1 aromatic heterocycles. The van der Waals surface area contributed by atoms with E-state index in [9.17, 15) is 20.4 Å². The molecule has 178 valence electrons. The molecule has 0 aliphatic carbocycles. The smallest absolute Gasteiger partial charge is 0.121 e. The summed E-state index contributed by atoms with van der Waals surface area (Å²) in [6.45, 7) is 2.82. The third-order valence-corrected chi connectivity index (χ3v) is 5.80. The second-order valence-corrected chi connectivity index (χ2v) is 8.30. The number of rotatable bonds is 4. The Bertz CT molecular complexity index is 817. The average molecular weight is 450 g/mol. The number of hydrogen-bond acceptors (Lipinski definition) is 8. The molecule has 0 radical (unpaired) electrons. The molecule has 5 N–H and O–H groups in total. The summed E-state index contributed by atoms with van der Waals surface area (Å²) in [5.74, 6) is 0.746. The zero-order valence-electron chi connectivity index (χ0n) is 18.6. The summed E-state index contributed by atoms with van der Waals surface area (Å²) in [4.78, 5) is 1.92. The number of nitrogens with zero attached hydrogens (tertiary/aromatic N) is 2. The summed E-state index contributed by atoms with van der Waals surface area (Å²) in [7, 11) is 0. The second-order valence-electron chi connectivity index (χ2n) is 8.30. The van der Waals surface area contributed by atoms with Crippen LogP contribution >= 0.6 is 0 Å². The topological polar surface area (TPSA) is 131 Å². The first-order chi connectivity index (χ1) is 15.5. The molecular formula is C23H35N3O6. The van der Waals surface area contributed by atoms with E-state index in [1.165, 1.54) is 0 Å². The van der Waals surface area contributed by atoms with Crippen LogP contribution in [0.4, 0.5) is 5.69 Å². The van der Waals surface area contributed by atoms with Crippen LogP contribution in [-0.4, -0.2) is 81.4 Å². The number of aliphatic hydroxyl groups excluding tert-OH is 4. The molecule has 0 amide bonds. The largest absolute Gasteiger partial charge is 0.494 e. The van der Waals surface area contributed by atoms with E-state index in [0.717, 1.165) is 48.4 Å². The summed E-state index contributed by atoms with van der Waals surface area (Å²) in [5, 5.41) is 48.3. The van der Waals surface area contributed by atoms with E-state index in [2.05, 4.69) is 10.2 Å². The van der Waals surface area contributed by atoms with Gasteiger partial charge in [0.05, 0.1) is 25.5 Å². The molecule has 9 nitrogen and oxygen atoms in total. The van der Waals surface area contributed by atoms with Gasteiger partial charge in [0.2, 0.25) is 0 Å². The van der Waals surface area contributed by atoms with Crippen molar-refractivity contribution in [2.75, 3.05) is 31.3 Å². The Morgan fingerprint density at radius 3 is 2.69 bits per heavy atom. The molecule has 2 bridgehead atoms. The fourth-order valence-electron chi connectivity index (χ4n) is 3.83. The van der Waals surface area contributed by atoms with Crippen molar-refractivity contribution in [3.05, 3.63) is 41.7 Å². The van der Waals surface area contributed by atoms with Crippen molar-refractivity contribution in [2.45, 2.75) is 63.6 Å². The Hall–Kier alpha value is -2.17. The lowest BCUT2D eigenvalue weighted by atomic mass is 10.0. The summed E-state index contributed by atoms with van der Waals surface area (Å²) in [6.07, 6.45) is 0.289. The van der Waals surface area contributed by atoms with Crippen LogP contribution in [0.5, 0.6) is 5.75 Å². The van der Waals surface area contributed by atoms with Gasteiger partial charge in [-0.3, -0.25) is 5.10 Å². The third-order valence-electron chi connectivity index (χ3n) is 5.80. The molecule has 0 fully saturated rings. The quantitative estimate of drug-likeness (QED) is 0.470. The average Bonchev–Trinajstić information content (AvgIpc) is 3.20. The van der Waals surface area contributed by atoms with Crippen LogP contribution in [0.25, 0.3) is 0 Å². The van der Waals surface area contributed by atoms with E-state index in [0.29, 0.717) is 19.8 Å². The zero-order valence-corrected chi connectivity index (χ0v) is 18.6. The fraction of sp³-hybridized carbons (Fsp3) is 0.609. The molecule has 0 spiro atoms. The number of benzene rings is 1. The first kappa shape index (κ1) is 24.5. The van der Waals surface area contributed by atoms with Crippen LogP contribution in [0.3, 0.4) is 0 Å². The van der Waals surface area contributed by atoms with Gasteiger partial charge in [0.15, 0.2) is 0 Å². The molecule has 4 atom stereocenters. The highest BCUT2D eigenvalue weighted by Crippen LogP contribution is 2.25. The Balaban J connectivity index is 1.87. The van der Waals surface area contributed by atoms with Gasteiger partial charge in [-0.2, -0.15) is 5.10 Å². The van der Waals surface area contributed by atoms with E-state index < -0.39 is 31.0 Å². The van der Waals surface area contributed by atoms with Gasteiger partial charge < -0.3 is 34.8 Å². The standard InChI is InChI=1S/C23H35N3O6/c1-16-17(12-24-25-16)13-26-14-20(28)22(30)23(21(29)15-27)32-10-5-3-2-4-9-31-19-8-6-7-18(26)11-19/h6-8,11-12,20-23,27-30H,2-5,9-10,13-15H2,1H3,(H,24,25)/t20-,21-,22-,23-/m1/s1. The Kier molecular flexibility index (Phi) is 9.31. The number of aromatic nitrogens is 2. The van der Waals surface area contributed by atoms with Gasteiger partial charge in [-0.1, -0.05) is 12.5 Å². The van der Waals surface area contributed by atoms with Crippen molar-refractivity contribution in [3.63, 3.8) is 0 Å². The lowest BCUT2D eigenvalue weighted by molar-refractivity contribution is -0.141. The predicted octanol–water partition coefficient (Wildman–Crippen LogP) is 1.14. The van der Waals surface area contributed by atoms with Gasteiger partial charge >= 0.3 is 0 Å². The number of anilines is 1. The maximum Gasteiger partial charge on any atom is 0.121 e. The summed E-state index contributed by atoms with van der Waals surface area (Å²) in [5.41, 5.74) is 2.69. The van der Waals surface area contributed by atoms with E-state index in [-0.39, 0.29) is 6.54 Å². The number of β-amino-alcohol motifs (C(OH)–C–C–N with tert-alkyl or cyclic N) is 1. The number of hydrogen-bond donors (Lipinski definition) is 5. The molecule has 2 heterocycles. The molecule has 1 aromatic carbocycles. The molecule has 1 aliphatic heterocycles. The van der Waals surface area contributed by atoms with Gasteiger partial charge in [0.25, 0.3) is 0 Å². The molecule has 0 unspecified atom stereocenters.